The van der Waals surface area contributed by atoms with E-state index in [0.717, 1.165) is 34.1 Å². The molecule has 246 valence electrons. The van der Waals surface area contributed by atoms with Gasteiger partial charge in [-0.1, -0.05) is 164 Å². The van der Waals surface area contributed by atoms with E-state index in [4.69, 9.17) is 0 Å². The minimum absolute atomic E-state index is 1.10. The number of fused-ring (bicyclic) bond motifs is 2. The van der Waals surface area contributed by atoms with Crippen molar-refractivity contribution in [1.82, 2.24) is 0 Å². The van der Waals surface area contributed by atoms with Gasteiger partial charge >= 0.3 is 0 Å². The molecule has 0 saturated heterocycles. The summed E-state index contributed by atoms with van der Waals surface area (Å²) in [5.41, 5.74) is 11.3. The summed E-state index contributed by atoms with van der Waals surface area (Å²) in [4.78, 5) is 4.85. The summed E-state index contributed by atoms with van der Waals surface area (Å²) in [6.45, 7) is 0. The van der Waals surface area contributed by atoms with E-state index in [-0.39, 0.29) is 0 Å². The molecule has 0 spiro atoms. The van der Waals surface area contributed by atoms with E-state index in [1.807, 2.05) is 0 Å². The summed E-state index contributed by atoms with van der Waals surface area (Å²) in [6, 6.07) is 78.4. The Kier molecular flexibility index (Phi) is 8.24. The Labute approximate surface area is 305 Å². The van der Waals surface area contributed by atoms with Crippen molar-refractivity contribution in [1.29, 1.82) is 0 Å². The van der Waals surface area contributed by atoms with Gasteiger partial charge in [-0.05, 0) is 82.2 Å². The fourth-order valence-corrected chi connectivity index (χ4v) is 7.52. The number of hydrogen-bond acceptors (Lipinski definition) is 2. The minimum atomic E-state index is 1.10. The van der Waals surface area contributed by atoms with Crippen LogP contribution < -0.4 is 9.80 Å². The van der Waals surface area contributed by atoms with Crippen LogP contribution >= 0.6 is 0 Å². The van der Waals surface area contributed by atoms with Crippen molar-refractivity contribution >= 4 is 55.7 Å². The van der Waals surface area contributed by atoms with Crippen molar-refractivity contribution in [2.24, 2.45) is 0 Å². The molecule has 0 fully saturated rings. The van der Waals surface area contributed by atoms with E-state index < -0.39 is 0 Å². The first-order valence-electron chi connectivity index (χ1n) is 17.8. The van der Waals surface area contributed by atoms with Crippen molar-refractivity contribution < 1.29 is 0 Å². The van der Waals surface area contributed by atoms with Crippen LogP contribution in [0, 0.1) is 0 Å². The molecule has 0 heterocycles. The lowest BCUT2D eigenvalue weighted by Crippen LogP contribution is -2.14. The van der Waals surface area contributed by atoms with E-state index in [2.05, 4.69) is 228 Å². The van der Waals surface area contributed by atoms with Crippen LogP contribution in [0.2, 0.25) is 0 Å². The summed E-state index contributed by atoms with van der Waals surface area (Å²) in [5.74, 6) is 0. The summed E-state index contributed by atoms with van der Waals surface area (Å²) >= 11 is 0. The Morgan fingerprint density at radius 3 is 1.13 bits per heavy atom. The highest BCUT2D eigenvalue weighted by Gasteiger charge is 2.25. The standard InChI is InChI=1S/C50H36N2/c1-6-19-38(20-7-1)44-33-34-45(39-21-8-2-9-22-39)50-48(52(42-29-14-5-15-30-42)46-32-18-24-37-23-16-17-31-43(37)46)36-35-47(49(44)50)51(40-25-10-3-11-26-40)41-27-12-4-13-28-41/h1-36H. The number of rotatable bonds is 8. The SMILES string of the molecule is c1ccc(-c2ccc(-c3ccccc3)c3c(N(c4ccccc4)c4cccc5ccccc45)ccc(N(c4ccccc4)c4ccccc4)c23)cc1. The van der Waals surface area contributed by atoms with E-state index >= 15 is 0 Å². The summed E-state index contributed by atoms with van der Waals surface area (Å²) in [6.07, 6.45) is 0. The third kappa shape index (κ3) is 5.67. The molecule has 0 saturated carbocycles. The maximum atomic E-state index is 2.45. The number of nitrogens with zero attached hydrogens (tertiary/aromatic N) is 2. The predicted molar refractivity (Wildman–Crippen MR) is 222 cm³/mol. The second-order valence-corrected chi connectivity index (χ2v) is 12.9. The van der Waals surface area contributed by atoms with E-state index in [1.165, 1.54) is 43.8 Å². The lowest BCUT2D eigenvalue weighted by molar-refractivity contribution is 1.28. The topological polar surface area (TPSA) is 6.48 Å². The highest BCUT2D eigenvalue weighted by Crippen LogP contribution is 2.51. The molecule has 0 bridgehead atoms. The Morgan fingerprint density at radius 2 is 0.635 bits per heavy atom. The molecule has 9 aromatic carbocycles. The molecule has 0 aliphatic rings. The highest BCUT2D eigenvalue weighted by molar-refractivity contribution is 6.19. The van der Waals surface area contributed by atoms with E-state index in [0.29, 0.717) is 0 Å². The second-order valence-electron chi connectivity index (χ2n) is 12.9. The predicted octanol–water partition coefficient (Wildman–Crippen LogP) is 14.3. The van der Waals surface area contributed by atoms with Gasteiger partial charge in [0.15, 0.2) is 0 Å². The summed E-state index contributed by atoms with van der Waals surface area (Å²) < 4.78 is 0. The van der Waals surface area contributed by atoms with Gasteiger partial charge in [-0.25, -0.2) is 0 Å². The van der Waals surface area contributed by atoms with Crippen LogP contribution in [0.15, 0.2) is 218 Å². The van der Waals surface area contributed by atoms with Crippen LogP contribution in [0.4, 0.5) is 34.1 Å². The fourth-order valence-electron chi connectivity index (χ4n) is 7.52. The van der Waals surface area contributed by atoms with Gasteiger partial charge in [-0.3, -0.25) is 0 Å². The van der Waals surface area contributed by atoms with Crippen molar-refractivity contribution in [2.75, 3.05) is 9.80 Å². The second kappa shape index (κ2) is 13.8. The van der Waals surface area contributed by atoms with Crippen LogP contribution in [-0.4, -0.2) is 0 Å². The van der Waals surface area contributed by atoms with Crippen molar-refractivity contribution in [3.63, 3.8) is 0 Å². The van der Waals surface area contributed by atoms with Crippen molar-refractivity contribution in [2.45, 2.75) is 0 Å². The molecule has 52 heavy (non-hydrogen) atoms. The lowest BCUT2D eigenvalue weighted by atomic mass is 9.89. The number of para-hydroxylation sites is 3. The average molecular weight is 665 g/mol. The third-order valence-electron chi connectivity index (χ3n) is 9.82. The Hall–Kier alpha value is -6.90. The van der Waals surface area contributed by atoms with Crippen LogP contribution in [0.3, 0.4) is 0 Å². The molecule has 0 N–H and O–H groups in total. The Balaban J connectivity index is 1.47. The van der Waals surface area contributed by atoms with Gasteiger partial charge in [0.25, 0.3) is 0 Å². The molecule has 0 atom stereocenters. The molecular formula is C50H36N2. The van der Waals surface area contributed by atoms with Crippen molar-refractivity contribution in [3.8, 4) is 22.3 Å². The molecule has 2 heteroatoms. The normalized spacial score (nSPS) is 11.1. The first kappa shape index (κ1) is 31.1. The zero-order valence-corrected chi connectivity index (χ0v) is 28.7. The number of anilines is 6. The Bertz CT molecular complexity index is 2560. The molecule has 9 aromatic rings. The van der Waals surface area contributed by atoms with Gasteiger partial charge in [0.2, 0.25) is 0 Å². The van der Waals surface area contributed by atoms with Crippen LogP contribution in [0.1, 0.15) is 0 Å². The maximum Gasteiger partial charge on any atom is 0.0548 e. The fraction of sp³-hybridized carbons (Fsp3) is 0. The zero-order chi connectivity index (χ0) is 34.7. The van der Waals surface area contributed by atoms with Gasteiger partial charge in [0, 0.05) is 33.2 Å². The first-order chi connectivity index (χ1) is 25.8. The van der Waals surface area contributed by atoms with Gasteiger partial charge in [0.05, 0.1) is 17.1 Å². The van der Waals surface area contributed by atoms with E-state index in [9.17, 15) is 0 Å². The molecule has 0 aliphatic heterocycles. The van der Waals surface area contributed by atoms with Gasteiger partial charge in [-0.15, -0.1) is 0 Å². The molecule has 0 amide bonds. The third-order valence-corrected chi connectivity index (χ3v) is 9.82. The summed E-state index contributed by atoms with van der Waals surface area (Å²) in [7, 11) is 0. The van der Waals surface area contributed by atoms with Gasteiger partial charge in [0.1, 0.15) is 0 Å². The molecule has 0 aliphatic carbocycles. The van der Waals surface area contributed by atoms with Crippen molar-refractivity contribution in [3.05, 3.63) is 218 Å². The highest BCUT2D eigenvalue weighted by atomic mass is 15.2. The maximum absolute atomic E-state index is 2.45. The molecule has 2 nitrogen and oxygen atoms in total. The largest absolute Gasteiger partial charge is 0.310 e. The van der Waals surface area contributed by atoms with Crippen LogP contribution in [0.25, 0.3) is 43.8 Å². The number of benzene rings is 9. The van der Waals surface area contributed by atoms with Crippen LogP contribution in [-0.2, 0) is 0 Å². The molecule has 0 radical (unpaired) electrons. The van der Waals surface area contributed by atoms with E-state index in [1.54, 1.807) is 0 Å². The average Bonchev–Trinajstić information content (AvgIpc) is 3.23. The monoisotopic (exact) mass is 664 g/mol. The molecule has 0 unspecified atom stereocenters. The minimum Gasteiger partial charge on any atom is -0.310 e. The van der Waals surface area contributed by atoms with Gasteiger partial charge in [-0.2, -0.15) is 0 Å². The lowest BCUT2D eigenvalue weighted by Gasteiger charge is -2.32. The summed E-state index contributed by atoms with van der Waals surface area (Å²) in [5, 5.41) is 4.76. The molecular weight excluding hydrogens is 629 g/mol. The molecule has 9 rings (SSSR count). The Morgan fingerprint density at radius 1 is 0.250 bits per heavy atom. The van der Waals surface area contributed by atoms with Crippen LogP contribution in [0.5, 0.6) is 0 Å². The zero-order valence-electron chi connectivity index (χ0n) is 28.7. The number of hydrogen-bond donors (Lipinski definition) is 0. The quantitative estimate of drug-likeness (QED) is 0.159. The smallest absolute Gasteiger partial charge is 0.0548 e. The molecule has 0 aromatic heterocycles. The van der Waals surface area contributed by atoms with Gasteiger partial charge < -0.3 is 9.80 Å². The first-order valence-corrected chi connectivity index (χ1v) is 17.8.